The van der Waals surface area contributed by atoms with Gasteiger partial charge < -0.3 is 15.0 Å². The molecule has 0 radical (unpaired) electrons. The van der Waals surface area contributed by atoms with E-state index in [2.05, 4.69) is 15.3 Å². The van der Waals surface area contributed by atoms with Crippen LogP contribution in [0.2, 0.25) is 0 Å². The van der Waals surface area contributed by atoms with Crippen molar-refractivity contribution in [1.29, 1.82) is 0 Å². The highest BCUT2D eigenvalue weighted by Gasteiger charge is 2.10. The second kappa shape index (κ2) is 5.34. The molecule has 2 aromatic heterocycles. The summed E-state index contributed by atoms with van der Waals surface area (Å²) in [5.74, 6) is 0.157. The van der Waals surface area contributed by atoms with Crippen molar-refractivity contribution in [3.05, 3.63) is 52.1 Å². The minimum Gasteiger partial charge on any atom is -0.491 e. The van der Waals surface area contributed by atoms with Crippen LogP contribution in [0.15, 0.2) is 35.3 Å². The fourth-order valence-electron chi connectivity index (χ4n) is 1.55. The van der Waals surface area contributed by atoms with Crippen molar-refractivity contribution in [1.82, 2.24) is 9.97 Å². The van der Waals surface area contributed by atoms with Crippen molar-refractivity contribution in [3.8, 4) is 5.75 Å². The van der Waals surface area contributed by atoms with E-state index < -0.39 is 5.91 Å². The van der Waals surface area contributed by atoms with E-state index >= 15 is 0 Å². The number of aromatic nitrogens is 2. The Balaban J connectivity index is 2.21. The summed E-state index contributed by atoms with van der Waals surface area (Å²) >= 11 is 0. The van der Waals surface area contributed by atoms with Crippen molar-refractivity contribution >= 4 is 11.7 Å². The zero-order valence-corrected chi connectivity index (χ0v) is 10.6. The van der Waals surface area contributed by atoms with Gasteiger partial charge in [0.05, 0.1) is 7.11 Å². The van der Waals surface area contributed by atoms with Crippen molar-refractivity contribution in [2.24, 2.45) is 0 Å². The Kier molecular flexibility index (Phi) is 3.61. The van der Waals surface area contributed by atoms with Crippen molar-refractivity contribution in [2.75, 3.05) is 12.4 Å². The second-order valence-corrected chi connectivity index (χ2v) is 3.90. The van der Waals surface area contributed by atoms with E-state index in [-0.39, 0.29) is 16.9 Å². The number of pyridine rings is 2. The second-order valence-electron chi connectivity index (χ2n) is 3.90. The summed E-state index contributed by atoms with van der Waals surface area (Å²) in [4.78, 5) is 30.3. The molecular weight excluding hydrogens is 246 g/mol. The lowest BCUT2D eigenvalue weighted by molar-refractivity contribution is 0.102. The zero-order chi connectivity index (χ0) is 13.8. The molecule has 2 N–H and O–H groups in total. The Morgan fingerprint density at radius 1 is 1.42 bits per heavy atom. The summed E-state index contributed by atoms with van der Waals surface area (Å²) in [7, 11) is 1.39. The van der Waals surface area contributed by atoms with Crippen LogP contribution in [-0.2, 0) is 0 Å². The van der Waals surface area contributed by atoms with Crippen molar-refractivity contribution in [2.45, 2.75) is 6.92 Å². The van der Waals surface area contributed by atoms with Gasteiger partial charge in [-0.15, -0.1) is 0 Å². The summed E-state index contributed by atoms with van der Waals surface area (Å²) in [5, 5.41) is 2.60. The van der Waals surface area contributed by atoms with Crippen LogP contribution in [0.1, 0.15) is 16.2 Å². The monoisotopic (exact) mass is 259 g/mol. The van der Waals surface area contributed by atoms with Gasteiger partial charge in [-0.25, -0.2) is 4.98 Å². The molecule has 0 aliphatic rings. The number of nitrogens with one attached hydrogen (secondary N) is 2. The Morgan fingerprint density at radius 3 is 2.84 bits per heavy atom. The topological polar surface area (TPSA) is 84.1 Å². The fourth-order valence-corrected chi connectivity index (χ4v) is 1.55. The van der Waals surface area contributed by atoms with Gasteiger partial charge in [-0.05, 0) is 19.1 Å². The number of carbonyl (C=O) groups excluding carboxylic acids is 1. The number of methoxy groups -OCH3 is 1. The summed E-state index contributed by atoms with van der Waals surface area (Å²) in [6, 6.07) is 6.47. The first-order valence-corrected chi connectivity index (χ1v) is 5.62. The quantitative estimate of drug-likeness (QED) is 0.871. The van der Waals surface area contributed by atoms with Crippen LogP contribution in [0.3, 0.4) is 0 Å². The number of hydrogen-bond donors (Lipinski definition) is 2. The zero-order valence-electron chi connectivity index (χ0n) is 10.6. The summed E-state index contributed by atoms with van der Waals surface area (Å²) in [5.41, 5.74) is 0.582. The number of aryl methyl sites for hydroxylation is 1. The van der Waals surface area contributed by atoms with E-state index in [1.165, 1.54) is 19.4 Å². The molecule has 98 valence electrons. The highest BCUT2D eigenvalue weighted by Crippen LogP contribution is 2.06. The van der Waals surface area contributed by atoms with E-state index in [9.17, 15) is 9.59 Å². The minimum absolute atomic E-state index is 0.147. The average Bonchev–Trinajstić information content (AvgIpc) is 2.38. The van der Waals surface area contributed by atoms with Gasteiger partial charge in [-0.2, -0.15) is 0 Å². The molecule has 0 unspecified atom stereocenters. The van der Waals surface area contributed by atoms with Gasteiger partial charge in [-0.1, -0.05) is 6.07 Å². The molecule has 2 heterocycles. The molecule has 0 aliphatic heterocycles. The third-order valence-corrected chi connectivity index (χ3v) is 2.47. The molecule has 0 aliphatic carbocycles. The van der Waals surface area contributed by atoms with Gasteiger partial charge in [0.25, 0.3) is 5.91 Å². The van der Waals surface area contributed by atoms with Crippen molar-refractivity contribution < 1.29 is 9.53 Å². The number of aromatic amines is 1. The van der Waals surface area contributed by atoms with Crippen LogP contribution in [0, 0.1) is 6.92 Å². The lowest BCUT2D eigenvalue weighted by Gasteiger charge is -2.05. The highest BCUT2D eigenvalue weighted by molar-refractivity contribution is 6.02. The number of amides is 1. The SMILES string of the molecule is COc1c[nH]c(C(=O)Nc2cccc(C)n2)cc1=O. The maximum Gasteiger partial charge on any atom is 0.273 e. The predicted molar refractivity (Wildman–Crippen MR) is 70.5 cm³/mol. The first-order chi connectivity index (χ1) is 9.10. The molecule has 0 saturated heterocycles. The normalized spacial score (nSPS) is 10.0. The lowest BCUT2D eigenvalue weighted by Crippen LogP contribution is -2.18. The number of hydrogen-bond acceptors (Lipinski definition) is 4. The number of nitrogens with zero attached hydrogens (tertiary/aromatic N) is 1. The number of carbonyl (C=O) groups is 1. The van der Waals surface area contributed by atoms with Gasteiger partial charge >= 0.3 is 0 Å². The average molecular weight is 259 g/mol. The van der Waals surface area contributed by atoms with Crippen LogP contribution < -0.4 is 15.5 Å². The van der Waals surface area contributed by atoms with Gasteiger partial charge in [0.15, 0.2) is 5.75 Å². The molecule has 0 fully saturated rings. The maximum atomic E-state index is 11.9. The summed E-state index contributed by atoms with van der Waals surface area (Å²) in [6.07, 6.45) is 1.35. The molecule has 1 amide bonds. The van der Waals surface area contributed by atoms with Crippen LogP contribution in [0.5, 0.6) is 5.75 Å². The van der Waals surface area contributed by atoms with Crippen LogP contribution in [-0.4, -0.2) is 23.0 Å². The Morgan fingerprint density at radius 2 is 2.21 bits per heavy atom. The number of anilines is 1. The third-order valence-electron chi connectivity index (χ3n) is 2.47. The highest BCUT2D eigenvalue weighted by atomic mass is 16.5. The lowest BCUT2D eigenvalue weighted by atomic mass is 10.3. The van der Waals surface area contributed by atoms with Gasteiger partial charge in [-0.3, -0.25) is 9.59 Å². The van der Waals surface area contributed by atoms with Crippen LogP contribution >= 0.6 is 0 Å². The molecule has 6 heteroatoms. The molecule has 0 spiro atoms. The number of rotatable bonds is 3. The molecule has 0 aromatic carbocycles. The molecule has 0 bridgehead atoms. The third kappa shape index (κ3) is 2.98. The fraction of sp³-hybridized carbons (Fsp3) is 0.154. The molecule has 2 aromatic rings. The van der Waals surface area contributed by atoms with E-state index in [4.69, 9.17) is 4.74 Å². The molecule has 0 atom stereocenters. The van der Waals surface area contributed by atoms with E-state index in [0.29, 0.717) is 5.82 Å². The van der Waals surface area contributed by atoms with E-state index in [1.807, 2.05) is 13.0 Å². The molecular formula is C13H13N3O3. The van der Waals surface area contributed by atoms with Gasteiger partial charge in [0.2, 0.25) is 5.43 Å². The Bertz CT molecular complexity index is 664. The Labute approximate surface area is 109 Å². The molecule has 19 heavy (non-hydrogen) atoms. The summed E-state index contributed by atoms with van der Waals surface area (Å²) < 4.78 is 4.83. The number of H-pyrrole nitrogens is 1. The Hall–Kier alpha value is -2.63. The molecule has 0 saturated carbocycles. The molecule has 6 nitrogen and oxygen atoms in total. The largest absolute Gasteiger partial charge is 0.491 e. The summed E-state index contributed by atoms with van der Waals surface area (Å²) in [6.45, 7) is 1.82. The van der Waals surface area contributed by atoms with Gasteiger partial charge in [0, 0.05) is 18.0 Å². The van der Waals surface area contributed by atoms with Gasteiger partial charge in [0.1, 0.15) is 11.5 Å². The van der Waals surface area contributed by atoms with E-state index in [1.54, 1.807) is 12.1 Å². The maximum absolute atomic E-state index is 11.9. The molecule has 2 rings (SSSR count). The minimum atomic E-state index is -0.433. The first-order valence-electron chi connectivity index (χ1n) is 5.62. The van der Waals surface area contributed by atoms with Crippen molar-refractivity contribution in [3.63, 3.8) is 0 Å². The van der Waals surface area contributed by atoms with Crippen LogP contribution in [0.25, 0.3) is 0 Å². The predicted octanol–water partition coefficient (Wildman–Crippen LogP) is 1.34. The smallest absolute Gasteiger partial charge is 0.273 e. The number of ether oxygens (including phenoxy) is 1. The standard InChI is InChI=1S/C13H13N3O3/c1-8-4-3-5-12(15-8)16-13(18)9-6-10(17)11(19-2)7-14-9/h3-7H,1-2H3,(H,14,17)(H,15,16,18). The van der Waals surface area contributed by atoms with E-state index in [0.717, 1.165) is 5.69 Å². The first kappa shape index (κ1) is 12.8. The van der Waals surface area contributed by atoms with Crippen LogP contribution in [0.4, 0.5) is 5.82 Å².